The summed E-state index contributed by atoms with van der Waals surface area (Å²) in [6, 6.07) is 3.28. The maximum atomic E-state index is 13.3. The predicted molar refractivity (Wildman–Crippen MR) is 206 cm³/mol. The van der Waals surface area contributed by atoms with Crippen LogP contribution >= 0.6 is 39.3 Å². The molecule has 14 nitrogen and oxygen atoms in total. The zero-order valence-electron chi connectivity index (χ0n) is 29.1. The third kappa shape index (κ3) is 11.7. The summed E-state index contributed by atoms with van der Waals surface area (Å²) in [5.74, 6) is 0.586. The SMILES string of the molecule is O=C(CCCCC1SCC2NC(=O)NC21)CCC(=O)NCCCCCC(=O)N/N=C(\C[C@@H]1NCCC[C@H]1O)Cn1cnc2cc(Br)c(Cl)cc2c1=O. The lowest BCUT2D eigenvalue weighted by Crippen LogP contribution is -2.46. The van der Waals surface area contributed by atoms with Gasteiger partial charge in [0.2, 0.25) is 11.8 Å². The second-order valence-corrected chi connectivity index (χ2v) is 16.2. The fourth-order valence-electron chi connectivity index (χ4n) is 6.80. The monoisotopic (exact) mass is 822 g/mol. The minimum Gasteiger partial charge on any atom is -0.391 e. The largest absolute Gasteiger partial charge is 0.391 e. The van der Waals surface area contributed by atoms with Crippen LogP contribution in [0.4, 0.5) is 4.79 Å². The molecule has 284 valence electrons. The van der Waals surface area contributed by atoms with Gasteiger partial charge in [-0.2, -0.15) is 16.9 Å². The molecule has 2 aromatic rings. The molecule has 52 heavy (non-hydrogen) atoms. The molecule has 0 saturated carbocycles. The van der Waals surface area contributed by atoms with Gasteiger partial charge in [0, 0.05) is 60.2 Å². The van der Waals surface area contributed by atoms with Crippen molar-refractivity contribution in [2.24, 2.45) is 5.10 Å². The van der Waals surface area contributed by atoms with E-state index in [9.17, 15) is 29.1 Å². The van der Waals surface area contributed by atoms with Crippen LogP contribution < -0.4 is 32.3 Å². The Hall–Kier alpha value is -3.05. The zero-order chi connectivity index (χ0) is 37.0. The molecule has 4 heterocycles. The van der Waals surface area contributed by atoms with Crippen LogP contribution in [0.3, 0.4) is 0 Å². The molecule has 0 radical (unpaired) electrons. The lowest BCUT2D eigenvalue weighted by molar-refractivity contribution is -0.125. The predicted octanol–water partition coefficient (Wildman–Crippen LogP) is 3.54. The first-order valence-electron chi connectivity index (χ1n) is 18.1. The van der Waals surface area contributed by atoms with Crippen molar-refractivity contribution >= 4 is 79.5 Å². The van der Waals surface area contributed by atoms with Crippen molar-refractivity contribution in [2.75, 3.05) is 18.8 Å². The Morgan fingerprint density at radius 3 is 2.71 bits per heavy atom. The number of amides is 4. The summed E-state index contributed by atoms with van der Waals surface area (Å²) >= 11 is 11.5. The first-order chi connectivity index (χ1) is 25.1. The molecule has 1 aromatic heterocycles. The van der Waals surface area contributed by atoms with Crippen molar-refractivity contribution in [1.29, 1.82) is 0 Å². The van der Waals surface area contributed by atoms with Crippen molar-refractivity contribution < 1.29 is 24.3 Å². The summed E-state index contributed by atoms with van der Waals surface area (Å²) < 4.78 is 2.05. The standard InChI is InChI=1S/C35H48BrClN8O6S/c36-24-17-26-23(16-25(24)37)34(50)45(20-40-26)18-21(15-27-29(47)8-6-14-38-27)43-44-32(49)10-2-1-5-13-39-31(48)12-11-22(46)7-3-4-9-30-33-28(19-52-30)41-35(51)42-33/h16-17,20,27-30,33,38,47H,1-15,18-19H2,(H,39,48)(H,44,49)(H2,41,42,51)/b43-21+/t27-,28?,29+,30?,33?/m0/s1. The normalized spacial score (nSPS) is 22.9. The average molecular weight is 824 g/mol. The van der Waals surface area contributed by atoms with E-state index in [-0.39, 0.29) is 73.1 Å². The minimum atomic E-state index is -0.569. The number of hydrogen-bond acceptors (Lipinski definition) is 10. The topological polar surface area (TPSA) is 196 Å². The molecule has 0 bridgehead atoms. The number of carbonyl (C=O) groups excluding carboxylic acids is 4. The molecule has 4 amide bonds. The lowest BCUT2D eigenvalue weighted by Gasteiger charge is -2.29. The maximum Gasteiger partial charge on any atom is 0.315 e. The molecule has 17 heteroatoms. The summed E-state index contributed by atoms with van der Waals surface area (Å²) in [7, 11) is 0. The Morgan fingerprint density at radius 1 is 1.06 bits per heavy atom. The second kappa shape index (κ2) is 19.9. The number of nitrogens with zero attached hydrogens (tertiary/aromatic N) is 3. The van der Waals surface area contributed by atoms with E-state index in [4.69, 9.17) is 11.6 Å². The molecule has 3 fully saturated rings. The molecule has 1 aromatic carbocycles. The highest BCUT2D eigenvalue weighted by Gasteiger charge is 2.42. The van der Waals surface area contributed by atoms with Crippen molar-refractivity contribution in [3.05, 3.63) is 38.3 Å². The number of fused-ring (bicyclic) bond motifs is 2. The fraction of sp³-hybridized carbons (Fsp3) is 0.629. The number of rotatable bonds is 19. The Morgan fingerprint density at radius 2 is 1.88 bits per heavy atom. The van der Waals surface area contributed by atoms with Crippen molar-refractivity contribution in [2.45, 2.75) is 119 Å². The van der Waals surface area contributed by atoms with Crippen LogP contribution in [0.25, 0.3) is 10.9 Å². The molecule has 3 aliphatic rings. The Balaban J connectivity index is 0.972. The number of halogens is 2. The molecular formula is C35H48BrClN8O6S. The number of nitrogens with one attached hydrogen (secondary N) is 5. The summed E-state index contributed by atoms with van der Waals surface area (Å²) in [6.07, 6.45) is 8.49. The summed E-state index contributed by atoms with van der Waals surface area (Å²) in [4.78, 5) is 66.4. The number of aliphatic hydroxyl groups excluding tert-OH is 1. The van der Waals surface area contributed by atoms with E-state index in [0.29, 0.717) is 70.0 Å². The molecule has 5 atom stereocenters. The van der Waals surface area contributed by atoms with Gasteiger partial charge in [-0.3, -0.25) is 23.7 Å². The number of aliphatic hydroxyl groups is 1. The molecule has 3 aliphatic heterocycles. The number of aromatic nitrogens is 2. The van der Waals surface area contributed by atoms with E-state index in [1.165, 1.54) is 10.9 Å². The summed E-state index contributed by atoms with van der Waals surface area (Å²) in [6.45, 7) is 1.30. The summed E-state index contributed by atoms with van der Waals surface area (Å²) in [5.41, 5.74) is 3.33. The number of hydrogen-bond donors (Lipinski definition) is 6. The number of piperidine rings is 1. The smallest absolute Gasteiger partial charge is 0.315 e. The highest BCUT2D eigenvalue weighted by Crippen LogP contribution is 2.33. The molecule has 0 aliphatic carbocycles. The first kappa shape index (κ1) is 40.1. The van der Waals surface area contributed by atoms with Gasteiger partial charge >= 0.3 is 6.03 Å². The van der Waals surface area contributed by atoms with Crippen molar-refractivity contribution in [1.82, 2.24) is 36.2 Å². The number of ketones is 1. The van der Waals surface area contributed by atoms with Crippen molar-refractivity contribution in [3.63, 3.8) is 0 Å². The van der Waals surface area contributed by atoms with Gasteiger partial charge in [0.25, 0.3) is 5.56 Å². The van der Waals surface area contributed by atoms with Gasteiger partial charge in [0.05, 0.1) is 52.7 Å². The first-order valence-corrected chi connectivity index (χ1v) is 20.4. The van der Waals surface area contributed by atoms with Crippen molar-refractivity contribution in [3.8, 4) is 0 Å². The zero-order valence-corrected chi connectivity index (χ0v) is 32.3. The number of unbranched alkanes of at least 4 members (excludes halogenated alkanes) is 3. The van der Waals surface area contributed by atoms with E-state index < -0.39 is 6.10 Å². The molecular weight excluding hydrogens is 776 g/mol. The average Bonchev–Trinajstić information content (AvgIpc) is 3.68. The highest BCUT2D eigenvalue weighted by atomic mass is 79.9. The number of hydrazone groups is 1. The van der Waals surface area contributed by atoms with Crippen LogP contribution in [-0.2, 0) is 20.9 Å². The number of urea groups is 1. The number of carbonyl (C=O) groups is 4. The van der Waals surface area contributed by atoms with Gasteiger partial charge in [-0.25, -0.2) is 15.2 Å². The Kier molecular flexibility index (Phi) is 15.3. The third-order valence-electron chi connectivity index (χ3n) is 9.73. The Labute approximate surface area is 320 Å². The number of benzene rings is 1. The maximum absolute atomic E-state index is 13.3. The van der Waals surface area contributed by atoms with Gasteiger partial charge in [0.1, 0.15) is 5.78 Å². The highest BCUT2D eigenvalue weighted by molar-refractivity contribution is 9.10. The molecule has 6 N–H and O–H groups in total. The molecule has 0 spiro atoms. The van der Waals surface area contributed by atoms with Crippen LogP contribution in [-0.4, -0.2) is 92.3 Å². The van der Waals surface area contributed by atoms with Gasteiger partial charge < -0.3 is 26.4 Å². The summed E-state index contributed by atoms with van der Waals surface area (Å²) in [5, 5.41) is 28.1. The van der Waals surface area contributed by atoms with Gasteiger partial charge in [-0.15, -0.1) is 0 Å². The molecule has 3 saturated heterocycles. The van der Waals surface area contributed by atoms with Gasteiger partial charge in [-0.1, -0.05) is 24.4 Å². The third-order valence-corrected chi connectivity index (χ3v) is 12.4. The van der Waals surface area contributed by atoms with Gasteiger partial charge in [-0.05, 0) is 73.1 Å². The van der Waals surface area contributed by atoms with Crippen LogP contribution in [0.1, 0.15) is 83.5 Å². The quantitative estimate of drug-likeness (QED) is 0.0532. The van der Waals surface area contributed by atoms with Crippen LogP contribution in [0.5, 0.6) is 0 Å². The van der Waals surface area contributed by atoms with Crippen LogP contribution in [0.2, 0.25) is 5.02 Å². The van der Waals surface area contributed by atoms with E-state index in [1.54, 1.807) is 12.1 Å². The lowest BCUT2D eigenvalue weighted by atomic mass is 9.96. The van der Waals surface area contributed by atoms with E-state index >= 15 is 0 Å². The van der Waals surface area contributed by atoms with E-state index in [1.807, 2.05) is 11.8 Å². The Bertz CT molecular complexity index is 1690. The molecule has 3 unspecified atom stereocenters. The second-order valence-electron chi connectivity index (χ2n) is 13.7. The number of thioether (sulfide) groups is 1. The minimum absolute atomic E-state index is 0.0758. The number of Topliss-reactive ketones (excluding diaryl/α,β-unsaturated/α-hetero) is 1. The van der Waals surface area contributed by atoms with Crippen LogP contribution in [0, 0.1) is 0 Å². The van der Waals surface area contributed by atoms with E-state index in [0.717, 1.165) is 44.4 Å². The van der Waals surface area contributed by atoms with Crippen LogP contribution in [0.15, 0.2) is 32.8 Å². The van der Waals surface area contributed by atoms with E-state index in [2.05, 4.69) is 52.7 Å². The fourth-order valence-corrected chi connectivity index (χ4v) is 8.83. The van der Waals surface area contributed by atoms with Gasteiger partial charge in [0.15, 0.2) is 0 Å². The molecule has 5 rings (SSSR count).